The number of esters is 1. The van der Waals surface area contributed by atoms with E-state index >= 15 is 0 Å². The fraction of sp³-hybridized carbons (Fsp3) is 0.176. The number of halogens is 2. The van der Waals surface area contributed by atoms with Gasteiger partial charge in [-0.2, -0.15) is 0 Å². The van der Waals surface area contributed by atoms with Crippen molar-refractivity contribution in [3.63, 3.8) is 0 Å². The van der Waals surface area contributed by atoms with Crippen molar-refractivity contribution in [1.82, 2.24) is 0 Å². The van der Waals surface area contributed by atoms with E-state index < -0.39 is 24.3 Å². The highest BCUT2D eigenvalue weighted by molar-refractivity contribution is 9.10. The minimum atomic E-state index is -0.770. The second-order valence-electron chi connectivity index (χ2n) is 4.80. The molecule has 0 fully saturated rings. The van der Waals surface area contributed by atoms with E-state index in [1.165, 1.54) is 12.1 Å². The molecular weight excluding hydrogens is 365 g/mol. The van der Waals surface area contributed by atoms with E-state index in [0.717, 1.165) is 18.1 Å². The zero-order valence-corrected chi connectivity index (χ0v) is 14.0. The third kappa shape index (κ3) is 4.89. The Balaban J connectivity index is 1.93. The highest BCUT2D eigenvalue weighted by atomic mass is 79.9. The topological polar surface area (TPSA) is 55.4 Å². The quantitative estimate of drug-likeness (QED) is 0.800. The molecule has 6 heteroatoms. The maximum atomic E-state index is 13.2. The van der Waals surface area contributed by atoms with Gasteiger partial charge in [0.15, 0.2) is 6.61 Å². The van der Waals surface area contributed by atoms with Gasteiger partial charge in [0.05, 0.1) is 5.56 Å². The number of ether oxygens (including phenoxy) is 1. The van der Waals surface area contributed by atoms with Crippen LogP contribution in [-0.2, 0) is 16.0 Å². The third-order valence-electron chi connectivity index (χ3n) is 3.10. The van der Waals surface area contributed by atoms with Gasteiger partial charge in [-0.05, 0) is 58.2 Å². The second kappa shape index (κ2) is 7.87. The predicted molar refractivity (Wildman–Crippen MR) is 88.8 cm³/mol. The van der Waals surface area contributed by atoms with E-state index in [-0.39, 0.29) is 5.56 Å². The molecule has 2 aromatic carbocycles. The van der Waals surface area contributed by atoms with Crippen LogP contribution in [0.2, 0.25) is 0 Å². The Kier molecular flexibility index (Phi) is 5.87. The van der Waals surface area contributed by atoms with E-state index in [1.54, 1.807) is 6.07 Å². The Morgan fingerprint density at radius 2 is 2.00 bits per heavy atom. The summed E-state index contributed by atoms with van der Waals surface area (Å²) in [5, 5.41) is 2.65. The van der Waals surface area contributed by atoms with E-state index in [1.807, 2.05) is 25.1 Å². The van der Waals surface area contributed by atoms with Crippen molar-refractivity contribution in [2.75, 3.05) is 11.9 Å². The molecule has 120 valence electrons. The van der Waals surface area contributed by atoms with E-state index in [9.17, 15) is 14.0 Å². The molecule has 0 heterocycles. The molecule has 0 spiro atoms. The van der Waals surface area contributed by atoms with Crippen LogP contribution in [0.3, 0.4) is 0 Å². The molecular formula is C17H15BrFNO3. The molecule has 0 atom stereocenters. The van der Waals surface area contributed by atoms with Crippen LogP contribution < -0.4 is 5.32 Å². The molecule has 2 aromatic rings. The molecule has 0 aliphatic rings. The number of benzene rings is 2. The molecule has 4 nitrogen and oxygen atoms in total. The lowest BCUT2D eigenvalue weighted by atomic mass is 10.1. The van der Waals surface area contributed by atoms with Gasteiger partial charge < -0.3 is 10.1 Å². The van der Waals surface area contributed by atoms with E-state index in [2.05, 4.69) is 21.2 Å². The second-order valence-corrected chi connectivity index (χ2v) is 5.66. The van der Waals surface area contributed by atoms with Crippen LogP contribution >= 0.6 is 15.9 Å². The fourth-order valence-electron chi connectivity index (χ4n) is 1.93. The zero-order valence-electron chi connectivity index (χ0n) is 12.4. The number of aryl methyl sites for hydroxylation is 1. The lowest BCUT2D eigenvalue weighted by molar-refractivity contribution is -0.119. The van der Waals surface area contributed by atoms with E-state index in [0.29, 0.717) is 10.2 Å². The van der Waals surface area contributed by atoms with Gasteiger partial charge in [-0.15, -0.1) is 0 Å². The van der Waals surface area contributed by atoms with Crippen LogP contribution in [0.15, 0.2) is 46.9 Å². The Morgan fingerprint density at radius 3 is 2.74 bits per heavy atom. The first-order valence-corrected chi connectivity index (χ1v) is 7.80. The summed E-state index contributed by atoms with van der Waals surface area (Å²) in [7, 11) is 0. The van der Waals surface area contributed by atoms with Crippen molar-refractivity contribution in [3.8, 4) is 0 Å². The lowest BCUT2D eigenvalue weighted by Crippen LogP contribution is -2.21. The third-order valence-corrected chi connectivity index (χ3v) is 3.79. The monoisotopic (exact) mass is 379 g/mol. The van der Waals surface area contributed by atoms with Crippen molar-refractivity contribution in [1.29, 1.82) is 0 Å². The number of carbonyl (C=O) groups is 2. The summed E-state index contributed by atoms with van der Waals surface area (Å²) in [6.45, 7) is 1.57. The van der Waals surface area contributed by atoms with Crippen LogP contribution in [-0.4, -0.2) is 18.5 Å². The van der Waals surface area contributed by atoms with Gasteiger partial charge >= 0.3 is 5.97 Å². The Bertz CT molecular complexity index is 734. The van der Waals surface area contributed by atoms with Crippen LogP contribution in [0.5, 0.6) is 0 Å². The van der Waals surface area contributed by atoms with Gasteiger partial charge in [0.2, 0.25) is 0 Å². The number of hydrogen-bond donors (Lipinski definition) is 1. The SMILES string of the molecule is CCc1cccc(NC(=O)COC(=O)c2cc(F)ccc2Br)c1. The molecule has 0 bridgehead atoms. The average molecular weight is 380 g/mol. The van der Waals surface area contributed by atoms with Gasteiger partial charge in [-0.25, -0.2) is 9.18 Å². The molecule has 23 heavy (non-hydrogen) atoms. The molecule has 0 saturated carbocycles. The molecule has 0 unspecified atom stereocenters. The smallest absolute Gasteiger partial charge is 0.339 e. The van der Waals surface area contributed by atoms with Gasteiger partial charge in [-0.3, -0.25) is 4.79 Å². The average Bonchev–Trinajstić information content (AvgIpc) is 2.55. The van der Waals surface area contributed by atoms with Gasteiger partial charge in [-0.1, -0.05) is 19.1 Å². The predicted octanol–water partition coefficient (Wildman–Crippen LogP) is 3.95. The number of carbonyl (C=O) groups excluding carboxylic acids is 2. The Labute approximate surface area is 141 Å². The van der Waals surface area contributed by atoms with Gasteiger partial charge in [0, 0.05) is 10.2 Å². The lowest BCUT2D eigenvalue weighted by Gasteiger charge is -2.08. The number of anilines is 1. The Morgan fingerprint density at radius 1 is 1.22 bits per heavy atom. The summed E-state index contributed by atoms with van der Waals surface area (Å²) >= 11 is 3.14. The van der Waals surface area contributed by atoms with Crippen molar-refractivity contribution >= 4 is 33.5 Å². The van der Waals surface area contributed by atoms with Crippen molar-refractivity contribution in [2.45, 2.75) is 13.3 Å². The van der Waals surface area contributed by atoms with E-state index in [4.69, 9.17) is 4.74 Å². The first-order valence-electron chi connectivity index (χ1n) is 7.00. The highest BCUT2D eigenvalue weighted by Gasteiger charge is 2.14. The van der Waals surface area contributed by atoms with Crippen molar-refractivity contribution < 1.29 is 18.7 Å². The number of amides is 1. The normalized spacial score (nSPS) is 10.2. The summed E-state index contributed by atoms with van der Waals surface area (Å²) in [5.74, 6) is -1.78. The summed E-state index contributed by atoms with van der Waals surface area (Å²) in [6.07, 6.45) is 0.853. The van der Waals surface area contributed by atoms with Gasteiger partial charge in [0.1, 0.15) is 5.82 Å². The number of nitrogens with one attached hydrogen (secondary N) is 1. The first kappa shape index (κ1) is 17.1. The molecule has 0 saturated heterocycles. The molecule has 1 N–H and O–H groups in total. The minimum Gasteiger partial charge on any atom is -0.452 e. The zero-order chi connectivity index (χ0) is 16.8. The molecule has 2 rings (SSSR count). The van der Waals surface area contributed by atoms with Crippen molar-refractivity contribution in [3.05, 3.63) is 63.9 Å². The molecule has 0 aromatic heterocycles. The van der Waals surface area contributed by atoms with Crippen molar-refractivity contribution in [2.24, 2.45) is 0 Å². The van der Waals surface area contributed by atoms with Crippen LogP contribution in [0.4, 0.5) is 10.1 Å². The Hall–Kier alpha value is -2.21. The molecule has 0 radical (unpaired) electrons. The molecule has 0 aliphatic heterocycles. The largest absolute Gasteiger partial charge is 0.452 e. The summed E-state index contributed by atoms with van der Waals surface area (Å²) in [5.41, 5.74) is 1.76. The van der Waals surface area contributed by atoms with Crippen LogP contribution in [0.25, 0.3) is 0 Å². The standard InChI is InChI=1S/C17H15BrFNO3/c1-2-11-4-3-5-13(8-11)20-16(21)10-23-17(22)14-9-12(19)6-7-15(14)18/h3-9H,2,10H2,1H3,(H,20,21). The maximum Gasteiger partial charge on any atom is 0.339 e. The van der Waals surface area contributed by atoms with Crippen LogP contribution in [0, 0.1) is 5.82 Å². The molecule has 0 aliphatic carbocycles. The highest BCUT2D eigenvalue weighted by Crippen LogP contribution is 2.18. The van der Waals surface area contributed by atoms with Crippen LogP contribution in [0.1, 0.15) is 22.8 Å². The summed E-state index contributed by atoms with van der Waals surface area (Å²) in [4.78, 5) is 23.7. The first-order chi connectivity index (χ1) is 11.0. The maximum absolute atomic E-state index is 13.2. The number of hydrogen-bond acceptors (Lipinski definition) is 3. The summed E-state index contributed by atoms with van der Waals surface area (Å²) < 4.78 is 18.5. The fourth-order valence-corrected chi connectivity index (χ4v) is 2.34. The minimum absolute atomic E-state index is 0.0331. The number of rotatable bonds is 5. The van der Waals surface area contributed by atoms with Gasteiger partial charge in [0.25, 0.3) is 5.91 Å². The molecule has 1 amide bonds. The summed E-state index contributed by atoms with van der Waals surface area (Å²) in [6, 6.07) is 11.1.